The summed E-state index contributed by atoms with van der Waals surface area (Å²) in [6.45, 7) is 5.72. The Bertz CT molecular complexity index is 1520. The molecule has 53 heavy (non-hydrogen) atoms. The number of carbonyl (C=O) groups is 5. The smallest absolute Gasteiger partial charge is 0.326 e. The van der Waals surface area contributed by atoms with Crippen LogP contribution in [0, 0.1) is 5.92 Å². The lowest BCUT2D eigenvalue weighted by molar-refractivity contribution is -0.153. The van der Waals surface area contributed by atoms with Crippen molar-refractivity contribution in [2.45, 2.75) is 121 Å². The van der Waals surface area contributed by atoms with Crippen molar-refractivity contribution in [2.75, 3.05) is 13.6 Å². The zero-order valence-corrected chi connectivity index (χ0v) is 31.2. The number of nitrogens with one attached hydrogen (secondary N) is 2. The molecule has 292 valence electrons. The number of hydrogen-bond donors (Lipinski definition) is 7. The van der Waals surface area contributed by atoms with Crippen LogP contribution in [0.15, 0.2) is 48.5 Å². The van der Waals surface area contributed by atoms with Gasteiger partial charge in [0.25, 0.3) is 5.91 Å². The van der Waals surface area contributed by atoms with Gasteiger partial charge in [0, 0.05) is 32.5 Å². The van der Waals surface area contributed by atoms with Gasteiger partial charge in [-0.3, -0.25) is 19.2 Å². The maximum absolute atomic E-state index is 14.3. The van der Waals surface area contributed by atoms with Crippen LogP contribution < -0.4 is 16.4 Å². The van der Waals surface area contributed by atoms with Crippen LogP contribution in [0.4, 0.5) is 0 Å². The van der Waals surface area contributed by atoms with E-state index in [9.17, 15) is 44.4 Å². The predicted octanol–water partition coefficient (Wildman–Crippen LogP) is 2.46. The number of likely N-dealkylation sites (N-methyl/N-ethyl adjacent to an activating group) is 1. The minimum Gasteiger partial charge on any atom is -0.508 e. The average Bonchev–Trinajstić information content (AvgIpc) is 3.62. The largest absolute Gasteiger partial charge is 0.508 e. The Kier molecular flexibility index (Phi) is 16.5. The highest BCUT2D eigenvalue weighted by molar-refractivity contribution is 5.96. The SMILES string of the molecule is CCCCCCC[C@@H](N)[C@H](O)C(=O)N[C@@H](C(=O)N[C@H](Cc1ccc(O)cc1)C(=O)N1CCC[C@@H]1C(=O)N(C)[C@H](Cc1ccc(O)cc1)C(=O)O)C(C)C. The fraction of sp³-hybridized carbons (Fsp3) is 0.564. The van der Waals surface area contributed by atoms with Crippen molar-refractivity contribution in [3.8, 4) is 11.5 Å². The van der Waals surface area contributed by atoms with E-state index in [1.807, 2.05) is 0 Å². The Morgan fingerprint density at radius 1 is 0.868 bits per heavy atom. The third-order valence-electron chi connectivity index (χ3n) is 9.84. The van der Waals surface area contributed by atoms with Crippen molar-refractivity contribution in [3.63, 3.8) is 0 Å². The van der Waals surface area contributed by atoms with Crippen LogP contribution in [0.25, 0.3) is 0 Å². The molecule has 1 fully saturated rings. The lowest BCUT2D eigenvalue weighted by Crippen LogP contribution is -2.60. The number of benzene rings is 2. The molecule has 14 heteroatoms. The molecular formula is C39H57N5O9. The number of unbranched alkanes of at least 4 members (excludes halogenated alkanes) is 4. The first kappa shape index (κ1) is 42.7. The third kappa shape index (κ3) is 12.5. The van der Waals surface area contributed by atoms with Gasteiger partial charge in [0.1, 0.15) is 41.8 Å². The molecule has 6 atom stereocenters. The molecule has 0 aliphatic carbocycles. The molecule has 1 aliphatic rings. The summed E-state index contributed by atoms with van der Waals surface area (Å²) in [5.41, 5.74) is 7.33. The fourth-order valence-electron chi connectivity index (χ4n) is 6.56. The second-order valence-corrected chi connectivity index (χ2v) is 14.3. The first-order chi connectivity index (χ1) is 25.1. The normalized spacial score (nSPS) is 17.0. The van der Waals surface area contributed by atoms with E-state index in [0.717, 1.165) is 37.0 Å². The number of amides is 4. The van der Waals surface area contributed by atoms with E-state index < -0.39 is 71.8 Å². The van der Waals surface area contributed by atoms with Gasteiger partial charge >= 0.3 is 5.97 Å². The van der Waals surface area contributed by atoms with Gasteiger partial charge in [-0.25, -0.2) is 4.79 Å². The molecule has 0 bridgehead atoms. The number of carboxylic acids is 1. The molecule has 1 aliphatic heterocycles. The number of phenols is 2. The zero-order chi connectivity index (χ0) is 39.2. The minimum absolute atomic E-state index is 0.00880. The summed E-state index contributed by atoms with van der Waals surface area (Å²) >= 11 is 0. The van der Waals surface area contributed by atoms with Crippen LogP contribution in [0.2, 0.25) is 0 Å². The van der Waals surface area contributed by atoms with Crippen molar-refractivity contribution < 1.29 is 44.4 Å². The molecule has 0 saturated carbocycles. The molecule has 8 N–H and O–H groups in total. The summed E-state index contributed by atoms with van der Waals surface area (Å²) in [6, 6.07) is 6.70. The molecule has 1 saturated heterocycles. The van der Waals surface area contributed by atoms with Crippen molar-refractivity contribution in [3.05, 3.63) is 59.7 Å². The molecule has 3 rings (SSSR count). The highest BCUT2D eigenvalue weighted by Crippen LogP contribution is 2.24. The van der Waals surface area contributed by atoms with Crippen LogP contribution >= 0.6 is 0 Å². The maximum atomic E-state index is 14.3. The number of aliphatic hydroxyl groups excluding tert-OH is 1. The van der Waals surface area contributed by atoms with Gasteiger partial charge < -0.3 is 46.6 Å². The third-order valence-corrected chi connectivity index (χ3v) is 9.84. The topological polar surface area (TPSA) is 223 Å². The van der Waals surface area contributed by atoms with Crippen molar-refractivity contribution >= 4 is 29.6 Å². The van der Waals surface area contributed by atoms with Crippen LogP contribution in [0.3, 0.4) is 0 Å². The number of nitrogens with zero attached hydrogens (tertiary/aromatic N) is 2. The summed E-state index contributed by atoms with van der Waals surface area (Å²) in [5.74, 6) is -4.26. The van der Waals surface area contributed by atoms with Gasteiger partial charge in [0.2, 0.25) is 17.7 Å². The quantitative estimate of drug-likeness (QED) is 0.0983. The molecule has 1 heterocycles. The Morgan fingerprint density at radius 3 is 1.98 bits per heavy atom. The number of rotatable bonds is 20. The molecule has 2 aromatic rings. The van der Waals surface area contributed by atoms with Crippen LogP contribution in [0.1, 0.15) is 83.3 Å². The number of carboxylic acid groups (broad SMARTS) is 1. The van der Waals surface area contributed by atoms with Gasteiger partial charge in [-0.1, -0.05) is 77.1 Å². The van der Waals surface area contributed by atoms with E-state index in [4.69, 9.17) is 5.73 Å². The van der Waals surface area contributed by atoms with Gasteiger partial charge in [-0.15, -0.1) is 0 Å². The number of phenolic OH excluding ortho intramolecular Hbond substituents is 2. The van der Waals surface area contributed by atoms with E-state index >= 15 is 0 Å². The van der Waals surface area contributed by atoms with E-state index in [0.29, 0.717) is 24.0 Å². The molecule has 0 unspecified atom stereocenters. The van der Waals surface area contributed by atoms with Crippen LogP contribution in [0.5, 0.6) is 11.5 Å². The highest BCUT2D eigenvalue weighted by atomic mass is 16.4. The number of aliphatic hydroxyl groups is 1. The van der Waals surface area contributed by atoms with Gasteiger partial charge in [0.15, 0.2) is 0 Å². The van der Waals surface area contributed by atoms with E-state index in [1.165, 1.54) is 36.2 Å². The molecule has 0 radical (unpaired) electrons. The van der Waals surface area contributed by atoms with Crippen molar-refractivity contribution in [1.29, 1.82) is 0 Å². The Morgan fingerprint density at radius 2 is 1.43 bits per heavy atom. The maximum Gasteiger partial charge on any atom is 0.326 e. The second kappa shape index (κ2) is 20.5. The number of aromatic hydroxyl groups is 2. The monoisotopic (exact) mass is 739 g/mol. The van der Waals surface area contributed by atoms with Gasteiger partial charge in [-0.05, 0) is 60.6 Å². The van der Waals surface area contributed by atoms with Crippen molar-refractivity contribution in [2.24, 2.45) is 11.7 Å². The first-order valence-corrected chi connectivity index (χ1v) is 18.5. The standard InChI is InChI=1S/C39H57N5O9/c1-5-6-7-8-9-11-29(40)34(47)36(49)42-33(24(2)3)35(48)41-30(22-25-13-17-27(45)18-14-25)37(50)44-21-10-12-31(44)38(51)43(4)32(39(52)53)23-26-15-19-28(46)20-16-26/h13-20,24,29-34,45-47H,5-12,21-23,40H2,1-4H3,(H,41,48)(H,42,49)(H,52,53)/t29-,30-,31-,32-,33-,34+/m1/s1. The summed E-state index contributed by atoms with van der Waals surface area (Å²) in [4.78, 5) is 69.9. The zero-order valence-electron chi connectivity index (χ0n) is 31.2. The molecule has 4 amide bonds. The lowest BCUT2D eigenvalue weighted by Gasteiger charge is -2.34. The Hall–Kier alpha value is -4.69. The molecular weight excluding hydrogens is 682 g/mol. The minimum atomic E-state index is -1.54. The molecule has 0 spiro atoms. The molecule has 0 aromatic heterocycles. The molecule has 2 aromatic carbocycles. The number of likely N-dealkylation sites (tertiary alicyclic amines) is 1. The number of hydrogen-bond acceptors (Lipinski definition) is 9. The Labute approximate surface area is 311 Å². The average molecular weight is 740 g/mol. The van der Waals surface area contributed by atoms with E-state index in [1.54, 1.807) is 38.1 Å². The summed E-state index contributed by atoms with van der Waals surface area (Å²) in [7, 11) is 1.38. The van der Waals surface area contributed by atoms with Crippen molar-refractivity contribution in [1.82, 2.24) is 20.4 Å². The van der Waals surface area contributed by atoms with E-state index in [2.05, 4.69) is 17.6 Å². The predicted molar refractivity (Wildman–Crippen MR) is 199 cm³/mol. The Balaban J connectivity index is 1.80. The van der Waals surface area contributed by atoms with Gasteiger partial charge in [0.05, 0.1) is 0 Å². The van der Waals surface area contributed by atoms with Gasteiger partial charge in [-0.2, -0.15) is 0 Å². The number of aliphatic carboxylic acids is 1. The lowest BCUT2D eigenvalue weighted by atomic mass is 9.98. The summed E-state index contributed by atoms with van der Waals surface area (Å²) < 4.78 is 0. The summed E-state index contributed by atoms with van der Waals surface area (Å²) in [5, 5.41) is 45.6. The molecule has 14 nitrogen and oxygen atoms in total. The van der Waals surface area contributed by atoms with E-state index in [-0.39, 0.29) is 37.3 Å². The van der Waals surface area contributed by atoms with Crippen LogP contribution in [-0.2, 0) is 36.8 Å². The summed E-state index contributed by atoms with van der Waals surface area (Å²) in [6.07, 6.45) is 4.51. The first-order valence-electron chi connectivity index (χ1n) is 18.5. The fourth-order valence-corrected chi connectivity index (χ4v) is 6.56. The number of nitrogens with two attached hydrogens (primary N) is 1. The van der Waals surface area contributed by atoms with Crippen LogP contribution in [-0.4, -0.2) is 110 Å². The highest BCUT2D eigenvalue weighted by Gasteiger charge is 2.42. The number of carbonyl (C=O) groups excluding carboxylic acids is 4. The second-order valence-electron chi connectivity index (χ2n) is 14.3.